The first-order valence-corrected chi connectivity index (χ1v) is 9.36. The summed E-state index contributed by atoms with van der Waals surface area (Å²) >= 11 is 1.31. The lowest BCUT2D eigenvalue weighted by Gasteiger charge is -2.20. The standard InChI is InChI=1S/C20H17FN4OS/c1-13-19(27-12-23-13)20(26)24-17(14-6-8-15(21)9-7-14)10-25-11-22-16-4-2-3-5-18(16)25/h2-9,11-12,17H,10H2,1H3,(H,24,26)/t17-/m0/s1. The van der Waals surface area contributed by atoms with Crippen LogP contribution >= 0.6 is 11.3 Å². The lowest BCUT2D eigenvalue weighted by atomic mass is 10.1. The highest BCUT2D eigenvalue weighted by Crippen LogP contribution is 2.21. The molecule has 0 saturated heterocycles. The molecule has 1 amide bonds. The lowest BCUT2D eigenvalue weighted by Crippen LogP contribution is -2.31. The molecule has 2 aromatic heterocycles. The number of hydrogen-bond acceptors (Lipinski definition) is 4. The molecule has 1 N–H and O–H groups in total. The number of amides is 1. The van der Waals surface area contributed by atoms with E-state index in [1.165, 1.54) is 23.5 Å². The molecule has 4 aromatic rings. The van der Waals surface area contributed by atoms with E-state index in [-0.39, 0.29) is 17.8 Å². The van der Waals surface area contributed by atoms with Crippen molar-refractivity contribution in [1.29, 1.82) is 0 Å². The van der Waals surface area contributed by atoms with Crippen LogP contribution in [0.15, 0.2) is 60.4 Å². The van der Waals surface area contributed by atoms with Gasteiger partial charge >= 0.3 is 0 Å². The molecule has 0 bridgehead atoms. The lowest BCUT2D eigenvalue weighted by molar-refractivity contribution is 0.0936. The van der Waals surface area contributed by atoms with E-state index in [2.05, 4.69) is 15.3 Å². The van der Waals surface area contributed by atoms with Crippen LogP contribution in [0.25, 0.3) is 11.0 Å². The van der Waals surface area contributed by atoms with Gasteiger partial charge in [-0.25, -0.2) is 14.4 Å². The highest BCUT2D eigenvalue weighted by atomic mass is 32.1. The van der Waals surface area contributed by atoms with Crippen LogP contribution in [0.3, 0.4) is 0 Å². The number of imidazole rings is 1. The van der Waals surface area contributed by atoms with E-state index in [1.54, 1.807) is 24.0 Å². The minimum Gasteiger partial charge on any atom is -0.343 e. The Morgan fingerprint density at radius 2 is 1.96 bits per heavy atom. The Morgan fingerprint density at radius 3 is 2.70 bits per heavy atom. The molecule has 27 heavy (non-hydrogen) atoms. The van der Waals surface area contributed by atoms with Crippen LogP contribution in [0.2, 0.25) is 0 Å². The first-order valence-electron chi connectivity index (χ1n) is 8.48. The zero-order valence-corrected chi connectivity index (χ0v) is 15.4. The molecule has 1 atom stereocenters. The Balaban J connectivity index is 1.66. The van der Waals surface area contributed by atoms with E-state index in [0.717, 1.165) is 16.6 Å². The number of carbonyl (C=O) groups excluding carboxylic acids is 1. The molecule has 4 rings (SSSR count). The molecule has 5 nitrogen and oxygen atoms in total. The Labute approximate surface area is 159 Å². The fourth-order valence-corrected chi connectivity index (χ4v) is 3.73. The van der Waals surface area contributed by atoms with E-state index in [9.17, 15) is 9.18 Å². The van der Waals surface area contributed by atoms with Gasteiger partial charge in [-0.2, -0.15) is 0 Å². The molecule has 2 aromatic carbocycles. The molecule has 0 aliphatic heterocycles. The largest absolute Gasteiger partial charge is 0.343 e. The molecule has 0 saturated carbocycles. The number of carbonyl (C=O) groups is 1. The normalized spacial score (nSPS) is 12.2. The van der Waals surface area contributed by atoms with Gasteiger partial charge in [-0.15, -0.1) is 11.3 Å². The summed E-state index contributed by atoms with van der Waals surface area (Å²) in [4.78, 5) is 21.9. The van der Waals surface area contributed by atoms with Crippen molar-refractivity contribution < 1.29 is 9.18 Å². The average molecular weight is 380 g/mol. The molecule has 0 spiro atoms. The van der Waals surface area contributed by atoms with Crippen LogP contribution < -0.4 is 5.32 Å². The Bertz CT molecular complexity index is 1090. The van der Waals surface area contributed by atoms with Crippen LogP contribution in [0.1, 0.15) is 27.0 Å². The van der Waals surface area contributed by atoms with E-state index in [1.807, 2.05) is 35.8 Å². The molecular weight excluding hydrogens is 363 g/mol. The van der Waals surface area contributed by atoms with Gasteiger partial charge in [0.25, 0.3) is 5.91 Å². The zero-order valence-electron chi connectivity index (χ0n) is 14.6. The predicted octanol–water partition coefficient (Wildman–Crippen LogP) is 4.11. The van der Waals surface area contributed by atoms with Crippen molar-refractivity contribution in [2.24, 2.45) is 0 Å². The smallest absolute Gasteiger partial charge is 0.263 e. The molecule has 0 aliphatic rings. The van der Waals surface area contributed by atoms with Crippen molar-refractivity contribution >= 4 is 28.3 Å². The summed E-state index contributed by atoms with van der Waals surface area (Å²) < 4.78 is 15.4. The number of nitrogens with zero attached hydrogens (tertiary/aromatic N) is 3. The predicted molar refractivity (Wildman–Crippen MR) is 103 cm³/mol. The maximum atomic E-state index is 13.4. The van der Waals surface area contributed by atoms with E-state index < -0.39 is 0 Å². The van der Waals surface area contributed by atoms with Crippen LogP contribution in [-0.4, -0.2) is 20.4 Å². The minimum absolute atomic E-state index is 0.186. The summed E-state index contributed by atoms with van der Waals surface area (Å²) in [5, 5.41) is 3.06. The number of nitrogens with one attached hydrogen (secondary N) is 1. The summed E-state index contributed by atoms with van der Waals surface area (Å²) in [6.45, 7) is 2.29. The van der Waals surface area contributed by atoms with E-state index >= 15 is 0 Å². The molecule has 0 unspecified atom stereocenters. The summed E-state index contributed by atoms with van der Waals surface area (Å²) in [5.41, 5.74) is 5.04. The first-order chi connectivity index (χ1) is 13.1. The van der Waals surface area contributed by atoms with Gasteiger partial charge in [-0.3, -0.25) is 4.79 Å². The number of thiazole rings is 1. The molecule has 136 valence electrons. The van der Waals surface area contributed by atoms with Gasteiger partial charge in [-0.1, -0.05) is 24.3 Å². The molecule has 0 fully saturated rings. The van der Waals surface area contributed by atoms with Crippen molar-refractivity contribution in [2.45, 2.75) is 19.5 Å². The fraction of sp³-hybridized carbons (Fsp3) is 0.150. The Hall–Kier alpha value is -3.06. The molecule has 0 radical (unpaired) electrons. The average Bonchev–Trinajstić information content (AvgIpc) is 3.28. The molecular formula is C20H17FN4OS. The quantitative estimate of drug-likeness (QED) is 0.567. The number of halogens is 1. The van der Waals surface area contributed by atoms with Crippen molar-refractivity contribution in [1.82, 2.24) is 19.9 Å². The maximum Gasteiger partial charge on any atom is 0.263 e. The summed E-state index contributed by atoms with van der Waals surface area (Å²) in [6.07, 6.45) is 1.76. The third-order valence-corrected chi connectivity index (χ3v) is 5.36. The van der Waals surface area contributed by atoms with Crippen LogP contribution in [-0.2, 0) is 6.54 Å². The van der Waals surface area contributed by atoms with Gasteiger partial charge in [-0.05, 0) is 36.8 Å². The number of rotatable bonds is 5. The van der Waals surface area contributed by atoms with E-state index in [0.29, 0.717) is 17.1 Å². The van der Waals surface area contributed by atoms with Gasteiger partial charge in [0.2, 0.25) is 0 Å². The number of benzene rings is 2. The third kappa shape index (κ3) is 3.59. The first kappa shape index (κ1) is 17.4. The van der Waals surface area contributed by atoms with Gasteiger partial charge < -0.3 is 9.88 Å². The second kappa shape index (κ2) is 7.28. The molecule has 7 heteroatoms. The van der Waals surface area contributed by atoms with E-state index in [4.69, 9.17) is 0 Å². The van der Waals surface area contributed by atoms with Crippen molar-refractivity contribution in [3.63, 3.8) is 0 Å². The topological polar surface area (TPSA) is 59.8 Å². The number of aryl methyl sites for hydroxylation is 1. The van der Waals surface area contributed by atoms with Gasteiger partial charge in [0, 0.05) is 6.54 Å². The second-order valence-electron chi connectivity index (χ2n) is 6.23. The van der Waals surface area contributed by atoms with Crippen LogP contribution in [0, 0.1) is 12.7 Å². The maximum absolute atomic E-state index is 13.4. The summed E-state index contributed by atoms with van der Waals surface area (Å²) in [5.74, 6) is -0.496. The summed E-state index contributed by atoms with van der Waals surface area (Å²) in [7, 11) is 0. The molecule has 0 aliphatic carbocycles. The minimum atomic E-state index is -0.336. The van der Waals surface area contributed by atoms with Crippen molar-refractivity contribution in [3.8, 4) is 0 Å². The highest BCUT2D eigenvalue weighted by molar-refractivity contribution is 7.11. The number of fused-ring (bicyclic) bond motifs is 1. The fourth-order valence-electron chi connectivity index (χ4n) is 3.03. The SMILES string of the molecule is Cc1ncsc1C(=O)N[C@@H](Cn1cnc2ccccc21)c1ccc(F)cc1. The Morgan fingerprint density at radius 1 is 1.19 bits per heavy atom. The highest BCUT2D eigenvalue weighted by Gasteiger charge is 2.20. The van der Waals surface area contributed by atoms with Crippen molar-refractivity contribution in [2.75, 3.05) is 0 Å². The number of para-hydroxylation sites is 2. The summed E-state index contributed by atoms with van der Waals surface area (Å²) in [6, 6.07) is 13.7. The van der Waals surface area contributed by atoms with Crippen LogP contribution in [0.4, 0.5) is 4.39 Å². The zero-order chi connectivity index (χ0) is 18.8. The monoisotopic (exact) mass is 380 g/mol. The third-order valence-electron chi connectivity index (χ3n) is 4.44. The number of hydrogen-bond donors (Lipinski definition) is 1. The molecule has 2 heterocycles. The van der Waals surface area contributed by atoms with Crippen molar-refractivity contribution in [3.05, 3.63) is 82.3 Å². The Kier molecular flexibility index (Phi) is 4.68. The second-order valence-corrected chi connectivity index (χ2v) is 7.08. The number of aromatic nitrogens is 3. The van der Waals surface area contributed by atoms with Crippen LogP contribution in [0.5, 0.6) is 0 Å². The van der Waals surface area contributed by atoms with Gasteiger partial charge in [0.1, 0.15) is 10.7 Å². The van der Waals surface area contributed by atoms with Gasteiger partial charge in [0.15, 0.2) is 0 Å². The van der Waals surface area contributed by atoms with Gasteiger partial charge in [0.05, 0.1) is 34.6 Å².